The first-order chi connectivity index (χ1) is 20.3. The number of benzene rings is 3. The monoisotopic (exact) mass is 562 g/mol. The Morgan fingerprint density at radius 3 is 2.43 bits per heavy atom. The highest BCUT2D eigenvalue weighted by atomic mass is 16.7. The number of anilines is 2. The molecule has 212 valence electrons. The fraction of sp³-hybridized carbons (Fsp3) is 0.182. The summed E-state index contributed by atoms with van der Waals surface area (Å²) in [6.07, 6.45) is 1.56. The number of aromatic nitrogens is 2. The van der Waals surface area contributed by atoms with Crippen molar-refractivity contribution in [3.63, 3.8) is 0 Å². The summed E-state index contributed by atoms with van der Waals surface area (Å²) in [7, 11) is 0. The first kappa shape index (κ1) is 26.9. The molecule has 3 N–H and O–H groups in total. The van der Waals surface area contributed by atoms with E-state index in [4.69, 9.17) is 14.5 Å². The SMILES string of the molecule is Cc1ccc(C(CC(=O)O)NC(=O)c2ccn3c(Nc4c(C)cccc4C)c(-c4ccc5c(c4)OCO5)nc3c2)cc1. The fourth-order valence-corrected chi connectivity index (χ4v) is 5.15. The zero-order chi connectivity index (χ0) is 29.4. The lowest BCUT2D eigenvalue weighted by atomic mass is 10.0. The van der Waals surface area contributed by atoms with Crippen LogP contribution < -0.4 is 20.1 Å². The van der Waals surface area contributed by atoms with Crippen LogP contribution in [-0.4, -0.2) is 33.2 Å². The van der Waals surface area contributed by atoms with Crippen molar-refractivity contribution in [1.29, 1.82) is 0 Å². The van der Waals surface area contributed by atoms with Crippen LogP contribution in [0.3, 0.4) is 0 Å². The summed E-state index contributed by atoms with van der Waals surface area (Å²) < 4.78 is 13.0. The molecule has 0 spiro atoms. The highest BCUT2D eigenvalue weighted by molar-refractivity contribution is 5.96. The molecule has 0 bridgehead atoms. The van der Waals surface area contributed by atoms with Gasteiger partial charge < -0.3 is 25.2 Å². The van der Waals surface area contributed by atoms with Crippen molar-refractivity contribution in [2.24, 2.45) is 0 Å². The first-order valence-electron chi connectivity index (χ1n) is 13.6. The second-order valence-electron chi connectivity index (χ2n) is 10.4. The van der Waals surface area contributed by atoms with Gasteiger partial charge in [0.25, 0.3) is 5.91 Å². The minimum absolute atomic E-state index is 0.168. The van der Waals surface area contributed by atoms with E-state index in [1.54, 1.807) is 18.3 Å². The lowest BCUT2D eigenvalue weighted by Gasteiger charge is -2.18. The van der Waals surface area contributed by atoms with Crippen LogP contribution in [0, 0.1) is 20.8 Å². The number of nitrogens with one attached hydrogen (secondary N) is 2. The molecule has 0 fully saturated rings. The Bertz CT molecular complexity index is 1810. The van der Waals surface area contributed by atoms with Crippen LogP contribution in [0.2, 0.25) is 0 Å². The third-order valence-electron chi connectivity index (χ3n) is 7.42. The van der Waals surface area contributed by atoms with Crippen molar-refractivity contribution >= 4 is 29.0 Å². The number of carboxylic acids is 1. The Hall–Kier alpha value is -5.31. The number of fused-ring (bicyclic) bond motifs is 2. The molecule has 2 aromatic heterocycles. The van der Waals surface area contributed by atoms with Gasteiger partial charge in [-0.2, -0.15) is 0 Å². The smallest absolute Gasteiger partial charge is 0.305 e. The Labute approximate surface area is 242 Å². The Balaban J connectivity index is 1.39. The van der Waals surface area contributed by atoms with Crippen LogP contribution in [0.25, 0.3) is 16.9 Å². The summed E-state index contributed by atoms with van der Waals surface area (Å²) in [4.78, 5) is 29.9. The van der Waals surface area contributed by atoms with Gasteiger partial charge in [0.15, 0.2) is 11.5 Å². The van der Waals surface area contributed by atoms with Crippen molar-refractivity contribution in [2.45, 2.75) is 33.2 Å². The summed E-state index contributed by atoms with van der Waals surface area (Å²) in [6, 6.07) is 22.0. The van der Waals surface area contributed by atoms with Crippen LogP contribution in [-0.2, 0) is 4.79 Å². The molecule has 9 nitrogen and oxygen atoms in total. The third-order valence-corrected chi connectivity index (χ3v) is 7.42. The number of ether oxygens (including phenoxy) is 2. The number of imidazole rings is 1. The summed E-state index contributed by atoms with van der Waals surface area (Å²) in [5, 5.41) is 16.0. The normalized spacial score (nSPS) is 12.7. The van der Waals surface area contributed by atoms with Crippen molar-refractivity contribution < 1.29 is 24.2 Å². The molecule has 0 radical (unpaired) electrons. The van der Waals surface area contributed by atoms with Gasteiger partial charge in [0.1, 0.15) is 17.2 Å². The molecule has 3 aromatic carbocycles. The predicted octanol–water partition coefficient (Wildman–Crippen LogP) is 6.34. The molecule has 1 atom stereocenters. The lowest BCUT2D eigenvalue weighted by molar-refractivity contribution is -0.137. The largest absolute Gasteiger partial charge is 0.481 e. The Kier molecular flexibility index (Phi) is 7.00. The van der Waals surface area contributed by atoms with E-state index in [9.17, 15) is 14.7 Å². The molecule has 1 amide bonds. The lowest BCUT2D eigenvalue weighted by Crippen LogP contribution is -2.30. The van der Waals surface area contributed by atoms with E-state index >= 15 is 0 Å². The average molecular weight is 563 g/mol. The minimum atomic E-state index is -1.000. The number of hydrogen-bond acceptors (Lipinski definition) is 6. The first-order valence-corrected chi connectivity index (χ1v) is 13.6. The van der Waals surface area contributed by atoms with Crippen molar-refractivity contribution in [1.82, 2.24) is 14.7 Å². The van der Waals surface area contributed by atoms with Gasteiger partial charge in [-0.05, 0) is 67.8 Å². The predicted molar refractivity (Wildman–Crippen MR) is 160 cm³/mol. The standard InChI is InChI=1S/C33H30N4O5/c1-19-7-9-22(10-8-19)25(17-29(38)39)34-33(40)24-13-14-37-28(16-24)35-31(23-11-12-26-27(15-23)42-18-41-26)32(37)36-30-20(2)5-4-6-21(30)3/h4-16,25,36H,17-18H2,1-3H3,(H,34,40)(H,38,39). The zero-order valence-electron chi connectivity index (χ0n) is 23.5. The molecule has 0 aliphatic carbocycles. The van der Waals surface area contributed by atoms with Crippen LogP contribution in [0.1, 0.15) is 45.1 Å². The summed E-state index contributed by atoms with van der Waals surface area (Å²) >= 11 is 0. The molecular formula is C33H30N4O5. The van der Waals surface area contributed by atoms with Gasteiger partial charge in [-0.1, -0.05) is 48.0 Å². The summed E-state index contributed by atoms with van der Waals surface area (Å²) in [6.45, 7) is 6.21. The Morgan fingerprint density at radius 2 is 1.69 bits per heavy atom. The van der Waals surface area contributed by atoms with Crippen LogP contribution in [0.15, 0.2) is 79.0 Å². The number of aryl methyl sites for hydroxylation is 3. The van der Waals surface area contributed by atoms with Crippen molar-refractivity contribution in [3.8, 4) is 22.8 Å². The van der Waals surface area contributed by atoms with E-state index in [-0.39, 0.29) is 19.1 Å². The molecule has 1 unspecified atom stereocenters. The number of carbonyl (C=O) groups is 2. The maximum atomic E-state index is 13.4. The van der Waals surface area contributed by atoms with Gasteiger partial charge >= 0.3 is 5.97 Å². The highest BCUT2D eigenvalue weighted by Crippen LogP contribution is 2.39. The van der Waals surface area contributed by atoms with Crippen molar-refractivity contribution in [2.75, 3.05) is 12.1 Å². The third kappa shape index (κ3) is 5.24. The number of para-hydroxylation sites is 1. The van der Waals surface area contributed by atoms with Gasteiger partial charge in [-0.3, -0.25) is 14.0 Å². The number of amides is 1. The van der Waals surface area contributed by atoms with Gasteiger partial charge in [0.2, 0.25) is 6.79 Å². The number of carboxylic acid groups (broad SMARTS) is 1. The molecule has 9 heteroatoms. The number of nitrogens with zero attached hydrogens (tertiary/aromatic N) is 2. The second-order valence-corrected chi connectivity index (χ2v) is 10.4. The van der Waals surface area contributed by atoms with Gasteiger partial charge in [-0.15, -0.1) is 0 Å². The Morgan fingerprint density at radius 1 is 0.952 bits per heavy atom. The molecule has 1 aliphatic heterocycles. The van der Waals surface area contributed by atoms with E-state index in [0.717, 1.165) is 39.3 Å². The zero-order valence-corrected chi connectivity index (χ0v) is 23.5. The number of aliphatic carboxylic acids is 1. The van der Waals surface area contributed by atoms with E-state index < -0.39 is 12.0 Å². The van der Waals surface area contributed by atoms with Crippen LogP contribution in [0.4, 0.5) is 11.5 Å². The highest BCUT2D eigenvalue weighted by Gasteiger charge is 2.23. The molecule has 0 saturated carbocycles. The topological polar surface area (TPSA) is 114 Å². The van der Waals surface area contributed by atoms with E-state index in [1.165, 1.54) is 0 Å². The molecule has 0 saturated heterocycles. The van der Waals surface area contributed by atoms with Gasteiger partial charge in [-0.25, -0.2) is 4.98 Å². The van der Waals surface area contributed by atoms with Crippen LogP contribution in [0.5, 0.6) is 11.5 Å². The summed E-state index contributed by atoms with van der Waals surface area (Å²) in [5.41, 5.74) is 7.32. The van der Waals surface area contributed by atoms with Gasteiger partial charge in [0, 0.05) is 23.0 Å². The minimum Gasteiger partial charge on any atom is -0.481 e. The molecular weight excluding hydrogens is 532 g/mol. The molecule has 1 aliphatic rings. The molecule has 6 rings (SSSR count). The maximum Gasteiger partial charge on any atom is 0.305 e. The van der Waals surface area contributed by atoms with Gasteiger partial charge in [0.05, 0.1) is 12.5 Å². The van der Waals surface area contributed by atoms with E-state index in [0.29, 0.717) is 28.4 Å². The molecule has 42 heavy (non-hydrogen) atoms. The summed E-state index contributed by atoms with van der Waals surface area (Å²) in [5.74, 6) is 0.663. The fourth-order valence-electron chi connectivity index (χ4n) is 5.15. The quantitative estimate of drug-likeness (QED) is 0.202. The maximum absolute atomic E-state index is 13.4. The number of rotatable bonds is 8. The molecule has 5 aromatic rings. The second kappa shape index (κ2) is 10.9. The van der Waals surface area contributed by atoms with E-state index in [2.05, 4.69) is 10.6 Å². The van der Waals surface area contributed by atoms with Crippen LogP contribution >= 0.6 is 0 Å². The average Bonchev–Trinajstić information content (AvgIpc) is 3.58. The number of carbonyl (C=O) groups excluding carboxylic acids is 1. The van der Waals surface area contributed by atoms with E-state index in [1.807, 2.05) is 85.8 Å². The number of hydrogen-bond donors (Lipinski definition) is 3. The van der Waals surface area contributed by atoms with Crippen molar-refractivity contribution in [3.05, 3.63) is 107 Å². The molecule has 3 heterocycles. The number of pyridine rings is 1.